The van der Waals surface area contributed by atoms with Crippen LogP contribution in [-0.4, -0.2) is 21.7 Å². The van der Waals surface area contributed by atoms with Gasteiger partial charge >= 0.3 is 0 Å². The second-order valence-corrected chi connectivity index (χ2v) is 7.50. The number of rotatable bonds is 8. The van der Waals surface area contributed by atoms with Crippen LogP contribution in [0.25, 0.3) is 0 Å². The van der Waals surface area contributed by atoms with E-state index in [4.69, 9.17) is 4.52 Å². The van der Waals surface area contributed by atoms with Gasteiger partial charge < -0.3 is 9.42 Å². The average molecular weight is 381 g/mol. The van der Waals surface area contributed by atoms with Gasteiger partial charge in [-0.25, -0.2) is 0 Å². The number of thioether (sulfide) groups is 1. The Morgan fingerprint density at radius 3 is 2.00 bits per heavy atom. The quantitative estimate of drug-likeness (QED) is 0.566. The summed E-state index contributed by atoms with van der Waals surface area (Å²) < 4.78 is 5.20. The number of aryl methyl sites for hydroxylation is 2. The predicted molar refractivity (Wildman–Crippen MR) is 109 cm³/mol. The number of nitrogens with zero attached hydrogens (tertiary/aromatic N) is 2. The molecule has 0 spiro atoms. The van der Waals surface area contributed by atoms with Gasteiger partial charge in [0.2, 0.25) is 5.91 Å². The Morgan fingerprint density at radius 1 is 0.963 bits per heavy atom. The van der Waals surface area contributed by atoms with E-state index in [-0.39, 0.29) is 5.91 Å². The molecule has 0 aliphatic rings. The van der Waals surface area contributed by atoms with Crippen molar-refractivity contribution in [3.63, 3.8) is 0 Å². The number of hydrogen-bond donors (Lipinski definition) is 0. The van der Waals surface area contributed by atoms with E-state index in [1.165, 1.54) is 0 Å². The van der Waals surface area contributed by atoms with Crippen LogP contribution in [0.5, 0.6) is 0 Å². The minimum Gasteiger partial charge on any atom is -0.361 e. The summed E-state index contributed by atoms with van der Waals surface area (Å²) >= 11 is 1.61. The minimum atomic E-state index is 0.138. The van der Waals surface area contributed by atoms with Crippen LogP contribution in [0.2, 0.25) is 0 Å². The van der Waals surface area contributed by atoms with Gasteiger partial charge in [0.1, 0.15) is 5.76 Å². The van der Waals surface area contributed by atoms with Crippen molar-refractivity contribution < 1.29 is 9.32 Å². The van der Waals surface area contributed by atoms with Crippen LogP contribution in [0.15, 0.2) is 65.2 Å². The Bertz CT molecular complexity index is 802. The van der Waals surface area contributed by atoms with Gasteiger partial charge in [0, 0.05) is 24.4 Å². The molecule has 0 N–H and O–H groups in total. The maximum Gasteiger partial charge on any atom is 0.233 e. The van der Waals surface area contributed by atoms with Crippen LogP contribution in [0.4, 0.5) is 0 Å². The second kappa shape index (κ2) is 9.42. The van der Waals surface area contributed by atoms with E-state index in [0.717, 1.165) is 33.9 Å². The lowest BCUT2D eigenvalue weighted by molar-refractivity contribution is -0.129. The smallest absolute Gasteiger partial charge is 0.233 e. The molecule has 0 aliphatic carbocycles. The van der Waals surface area contributed by atoms with Gasteiger partial charge in [-0.05, 0) is 25.0 Å². The van der Waals surface area contributed by atoms with E-state index in [2.05, 4.69) is 29.4 Å². The fraction of sp³-hybridized carbons (Fsp3) is 0.273. The molecule has 140 valence electrons. The van der Waals surface area contributed by atoms with Gasteiger partial charge in [0.15, 0.2) is 0 Å². The van der Waals surface area contributed by atoms with Gasteiger partial charge in [-0.3, -0.25) is 4.79 Å². The van der Waals surface area contributed by atoms with Crippen LogP contribution < -0.4 is 0 Å². The molecule has 5 heteroatoms. The number of hydrogen-bond acceptors (Lipinski definition) is 4. The molecule has 1 heterocycles. The Balaban J connectivity index is 1.64. The lowest BCUT2D eigenvalue weighted by atomic mass is 10.1. The average Bonchev–Trinajstić information content (AvgIpc) is 3.01. The van der Waals surface area contributed by atoms with Crippen LogP contribution in [0.3, 0.4) is 0 Å². The van der Waals surface area contributed by atoms with E-state index >= 15 is 0 Å². The summed E-state index contributed by atoms with van der Waals surface area (Å²) in [6.45, 7) is 5.07. The number of amides is 1. The van der Waals surface area contributed by atoms with Gasteiger partial charge in [-0.2, -0.15) is 0 Å². The SMILES string of the molecule is Cc1noc(C)c1CSCC(=O)N(Cc1ccccc1)Cc1ccccc1. The van der Waals surface area contributed by atoms with Gasteiger partial charge in [-0.15, -0.1) is 11.8 Å². The largest absolute Gasteiger partial charge is 0.361 e. The second-order valence-electron chi connectivity index (χ2n) is 6.52. The fourth-order valence-electron chi connectivity index (χ4n) is 2.88. The first kappa shape index (κ1) is 19.2. The highest BCUT2D eigenvalue weighted by Crippen LogP contribution is 2.20. The number of aromatic nitrogens is 1. The Labute approximate surface area is 164 Å². The predicted octanol–water partition coefficient (Wildman–Crippen LogP) is 4.75. The number of carbonyl (C=O) groups is 1. The summed E-state index contributed by atoms with van der Waals surface area (Å²) in [5.74, 6) is 2.14. The normalized spacial score (nSPS) is 10.7. The lowest BCUT2D eigenvalue weighted by Crippen LogP contribution is -2.31. The topological polar surface area (TPSA) is 46.3 Å². The van der Waals surface area contributed by atoms with E-state index in [9.17, 15) is 4.79 Å². The first-order valence-corrected chi connectivity index (χ1v) is 10.1. The molecule has 0 saturated heterocycles. The van der Waals surface area contributed by atoms with Crippen molar-refractivity contribution in [2.45, 2.75) is 32.7 Å². The summed E-state index contributed by atoms with van der Waals surface area (Å²) in [5, 5.41) is 3.98. The summed E-state index contributed by atoms with van der Waals surface area (Å²) in [6, 6.07) is 20.2. The molecular weight excluding hydrogens is 356 g/mol. The first-order valence-electron chi connectivity index (χ1n) is 8.98. The molecule has 0 atom stereocenters. The van der Waals surface area contributed by atoms with E-state index in [1.54, 1.807) is 11.8 Å². The molecule has 0 bridgehead atoms. The Hall–Kier alpha value is -2.53. The molecule has 0 radical (unpaired) electrons. The standard InChI is InChI=1S/C22H24N2O2S/c1-17-21(18(2)26-23-17)15-27-16-22(25)24(13-19-9-5-3-6-10-19)14-20-11-7-4-8-12-20/h3-12H,13-16H2,1-2H3. The van der Waals surface area contributed by atoms with Crippen molar-refractivity contribution in [1.29, 1.82) is 0 Å². The highest BCUT2D eigenvalue weighted by molar-refractivity contribution is 7.99. The number of benzene rings is 2. The maximum atomic E-state index is 12.9. The summed E-state index contributed by atoms with van der Waals surface area (Å²) in [5.41, 5.74) is 4.26. The molecule has 0 aliphatic heterocycles. The summed E-state index contributed by atoms with van der Waals surface area (Å²) in [4.78, 5) is 14.8. The zero-order valence-corrected chi connectivity index (χ0v) is 16.5. The Kier molecular flexibility index (Phi) is 6.71. The van der Waals surface area contributed by atoms with Gasteiger partial charge in [0.05, 0.1) is 11.4 Å². The molecule has 0 saturated carbocycles. The van der Waals surface area contributed by atoms with Crippen molar-refractivity contribution in [1.82, 2.24) is 10.1 Å². The van der Waals surface area contributed by atoms with Crippen molar-refractivity contribution in [2.75, 3.05) is 5.75 Å². The monoisotopic (exact) mass is 380 g/mol. The highest BCUT2D eigenvalue weighted by atomic mass is 32.2. The van der Waals surface area contributed by atoms with Crippen molar-refractivity contribution in [3.8, 4) is 0 Å². The van der Waals surface area contributed by atoms with Crippen LogP contribution in [0.1, 0.15) is 28.1 Å². The van der Waals surface area contributed by atoms with Gasteiger partial charge in [0.25, 0.3) is 0 Å². The highest BCUT2D eigenvalue weighted by Gasteiger charge is 2.16. The summed E-state index contributed by atoms with van der Waals surface area (Å²) in [7, 11) is 0. The lowest BCUT2D eigenvalue weighted by Gasteiger charge is -2.23. The van der Waals surface area contributed by atoms with Crippen LogP contribution in [-0.2, 0) is 23.6 Å². The maximum absolute atomic E-state index is 12.9. The van der Waals surface area contributed by atoms with Crippen molar-refractivity contribution in [3.05, 3.63) is 88.8 Å². The zero-order chi connectivity index (χ0) is 19.1. The molecule has 1 aromatic heterocycles. The number of carbonyl (C=O) groups excluding carboxylic acids is 1. The molecular formula is C22H24N2O2S. The molecule has 1 amide bonds. The van der Waals surface area contributed by atoms with E-state index in [1.807, 2.05) is 55.1 Å². The molecule has 4 nitrogen and oxygen atoms in total. The minimum absolute atomic E-state index is 0.138. The third-order valence-electron chi connectivity index (χ3n) is 4.44. The third kappa shape index (κ3) is 5.47. The molecule has 2 aromatic carbocycles. The fourth-order valence-corrected chi connectivity index (χ4v) is 3.96. The molecule has 3 rings (SSSR count). The van der Waals surface area contributed by atoms with E-state index in [0.29, 0.717) is 18.8 Å². The van der Waals surface area contributed by atoms with Crippen molar-refractivity contribution in [2.24, 2.45) is 0 Å². The molecule has 0 unspecified atom stereocenters. The van der Waals surface area contributed by atoms with Crippen molar-refractivity contribution >= 4 is 17.7 Å². The Morgan fingerprint density at radius 2 is 1.52 bits per heavy atom. The third-order valence-corrected chi connectivity index (χ3v) is 5.38. The van der Waals surface area contributed by atoms with Crippen LogP contribution in [0, 0.1) is 13.8 Å². The van der Waals surface area contributed by atoms with Crippen LogP contribution >= 0.6 is 11.8 Å². The zero-order valence-electron chi connectivity index (χ0n) is 15.7. The summed E-state index contributed by atoms with van der Waals surface area (Å²) in [6.07, 6.45) is 0. The van der Waals surface area contributed by atoms with Gasteiger partial charge in [-0.1, -0.05) is 65.8 Å². The molecule has 3 aromatic rings. The molecule has 27 heavy (non-hydrogen) atoms. The molecule has 0 fully saturated rings. The van der Waals surface area contributed by atoms with E-state index < -0.39 is 0 Å². The first-order chi connectivity index (χ1) is 13.1.